The highest BCUT2D eigenvalue weighted by Gasteiger charge is 2.24. The Labute approximate surface area is 112 Å². The van der Waals surface area contributed by atoms with E-state index in [1.54, 1.807) is 0 Å². The highest BCUT2D eigenvalue weighted by Crippen LogP contribution is 2.24. The molecule has 96 valence electrons. The molecule has 0 amide bonds. The van der Waals surface area contributed by atoms with E-state index in [2.05, 4.69) is 52.9 Å². The SMILES string of the molecule is CCc1cc(CN2CCC(Br)C(C)C2)n(C)n1. The molecule has 0 radical (unpaired) electrons. The Bertz CT molecular complexity index is 375. The number of hydrogen-bond donors (Lipinski definition) is 0. The lowest BCUT2D eigenvalue weighted by Crippen LogP contribution is -2.39. The lowest BCUT2D eigenvalue weighted by Gasteiger charge is -2.34. The first-order chi connectivity index (χ1) is 8.10. The van der Waals surface area contributed by atoms with Crippen LogP contribution in [-0.4, -0.2) is 32.6 Å². The lowest BCUT2D eigenvalue weighted by atomic mass is 10.00. The molecule has 1 aliphatic rings. The quantitative estimate of drug-likeness (QED) is 0.800. The van der Waals surface area contributed by atoms with Crippen LogP contribution in [0.3, 0.4) is 0 Å². The summed E-state index contributed by atoms with van der Waals surface area (Å²) in [5.41, 5.74) is 2.54. The van der Waals surface area contributed by atoms with Crippen LogP contribution in [0.15, 0.2) is 6.07 Å². The third-order valence-corrected chi connectivity index (χ3v) is 5.02. The molecule has 2 unspecified atom stereocenters. The molecule has 2 heterocycles. The monoisotopic (exact) mass is 299 g/mol. The molecule has 1 aromatic heterocycles. The summed E-state index contributed by atoms with van der Waals surface area (Å²) < 4.78 is 2.03. The van der Waals surface area contributed by atoms with E-state index in [1.165, 1.54) is 30.9 Å². The van der Waals surface area contributed by atoms with Gasteiger partial charge in [-0.15, -0.1) is 0 Å². The minimum Gasteiger partial charge on any atom is -0.297 e. The van der Waals surface area contributed by atoms with E-state index in [1.807, 2.05) is 4.68 Å². The number of aryl methyl sites for hydroxylation is 2. The molecule has 17 heavy (non-hydrogen) atoms. The zero-order chi connectivity index (χ0) is 12.4. The smallest absolute Gasteiger partial charge is 0.0625 e. The third kappa shape index (κ3) is 3.10. The first-order valence-corrected chi connectivity index (χ1v) is 7.40. The van der Waals surface area contributed by atoms with Gasteiger partial charge in [-0.25, -0.2) is 0 Å². The van der Waals surface area contributed by atoms with Gasteiger partial charge in [-0.2, -0.15) is 5.10 Å². The third-order valence-electron chi connectivity index (χ3n) is 3.66. The first-order valence-electron chi connectivity index (χ1n) is 6.48. The normalized spacial score (nSPS) is 26.4. The maximum Gasteiger partial charge on any atom is 0.0625 e. The van der Waals surface area contributed by atoms with Crippen molar-refractivity contribution in [2.45, 2.75) is 38.1 Å². The fourth-order valence-corrected chi connectivity index (χ4v) is 2.84. The molecule has 0 spiro atoms. The minimum atomic E-state index is 0.691. The van der Waals surface area contributed by atoms with Gasteiger partial charge in [0, 0.05) is 25.0 Å². The largest absolute Gasteiger partial charge is 0.297 e. The van der Waals surface area contributed by atoms with Gasteiger partial charge in [-0.1, -0.05) is 29.8 Å². The molecule has 1 aliphatic heterocycles. The van der Waals surface area contributed by atoms with E-state index in [9.17, 15) is 0 Å². The van der Waals surface area contributed by atoms with Crippen molar-refractivity contribution in [3.05, 3.63) is 17.5 Å². The summed E-state index contributed by atoms with van der Waals surface area (Å²) in [6.45, 7) is 7.89. The number of halogens is 1. The Hall–Kier alpha value is -0.350. The van der Waals surface area contributed by atoms with Gasteiger partial charge < -0.3 is 0 Å². The predicted molar refractivity (Wildman–Crippen MR) is 74.4 cm³/mol. The zero-order valence-corrected chi connectivity index (χ0v) is 12.6. The van der Waals surface area contributed by atoms with E-state index < -0.39 is 0 Å². The number of hydrogen-bond acceptors (Lipinski definition) is 2. The van der Waals surface area contributed by atoms with Crippen molar-refractivity contribution in [2.24, 2.45) is 13.0 Å². The van der Waals surface area contributed by atoms with Crippen LogP contribution in [0.5, 0.6) is 0 Å². The van der Waals surface area contributed by atoms with E-state index in [-0.39, 0.29) is 0 Å². The Kier molecular flexibility index (Phi) is 4.26. The molecular weight excluding hydrogens is 278 g/mol. The second-order valence-corrected chi connectivity index (χ2v) is 6.30. The van der Waals surface area contributed by atoms with Crippen LogP contribution in [0.4, 0.5) is 0 Å². The predicted octanol–water partition coefficient (Wildman–Crippen LogP) is 2.59. The molecule has 1 fully saturated rings. The van der Waals surface area contributed by atoms with Crippen LogP contribution in [0.1, 0.15) is 31.7 Å². The van der Waals surface area contributed by atoms with Gasteiger partial charge in [0.25, 0.3) is 0 Å². The average molecular weight is 300 g/mol. The molecule has 2 atom stereocenters. The van der Waals surface area contributed by atoms with Crippen molar-refractivity contribution in [1.29, 1.82) is 0 Å². The van der Waals surface area contributed by atoms with Gasteiger partial charge in [0.15, 0.2) is 0 Å². The Morgan fingerprint density at radius 3 is 2.88 bits per heavy atom. The van der Waals surface area contributed by atoms with E-state index in [0.717, 1.165) is 18.9 Å². The molecule has 4 heteroatoms. The van der Waals surface area contributed by atoms with Crippen LogP contribution < -0.4 is 0 Å². The zero-order valence-electron chi connectivity index (χ0n) is 11.0. The van der Waals surface area contributed by atoms with Crippen molar-refractivity contribution in [2.75, 3.05) is 13.1 Å². The molecule has 0 aromatic carbocycles. The van der Waals surface area contributed by atoms with Crippen LogP contribution in [0.2, 0.25) is 0 Å². The van der Waals surface area contributed by atoms with E-state index in [0.29, 0.717) is 4.83 Å². The Morgan fingerprint density at radius 1 is 1.53 bits per heavy atom. The van der Waals surface area contributed by atoms with Crippen LogP contribution >= 0.6 is 15.9 Å². The molecule has 1 saturated heterocycles. The summed E-state index contributed by atoms with van der Waals surface area (Å²) in [6.07, 6.45) is 2.27. The standard InChI is InChI=1S/C13H22BrN3/c1-4-11-7-12(16(3)15-11)9-17-6-5-13(14)10(2)8-17/h7,10,13H,4-6,8-9H2,1-3H3. The molecule has 3 nitrogen and oxygen atoms in total. The van der Waals surface area contributed by atoms with Crippen molar-refractivity contribution in [3.63, 3.8) is 0 Å². The van der Waals surface area contributed by atoms with Gasteiger partial charge in [0.2, 0.25) is 0 Å². The number of likely N-dealkylation sites (tertiary alicyclic amines) is 1. The average Bonchev–Trinajstić information content (AvgIpc) is 2.65. The molecule has 0 bridgehead atoms. The molecule has 1 aromatic rings. The first kappa shape index (κ1) is 13.1. The van der Waals surface area contributed by atoms with Gasteiger partial charge in [-0.05, 0) is 31.4 Å². The molecule has 0 aliphatic carbocycles. The van der Waals surface area contributed by atoms with E-state index in [4.69, 9.17) is 0 Å². The molecule has 0 saturated carbocycles. The van der Waals surface area contributed by atoms with Crippen LogP contribution in [-0.2, 0) is 20.0 Å². The minimum absolute atomic E-state index is 0.691. The van der Waals surface area contributed by atoms with Crippen LogP contribution in [0.25, 0.3) is 0 Å². The van der Waals surface area contributed by atoms with Gasteiger partial charge in [-0.3, -0.25) is 9.58 Å². The fraction of sp³-hybridized carbons (Fsp3) is 0.769. The molecule has 0 N–H and O–H groups in total. The second-order valence-electron chi connectivity index (χ2n) is 5.12. The maximum atomic E-state index is 4.51. The van der Waals surface area contributed by atoms with Gasteiger partial charge >= 0.3 is 0 Å². The second kappa shape index (κ2) is 5.53. The van der Waals surface area contributed by atoms with Crippen molar-refractivity contribution >= 4 is 15.9 Å². The summed E-state index contributed by atoms with van der Waals surface area (Å²) in [7, 11) is 2.05. The number of piperidine rings is 1. The van der Waals surface area contributed by atoms with Gasteiger partial charge in [0.05, 0.1) is 11.4 Å². The summed E-state index contributed by atoms with van der Waals surface area (Å²) in [5, 5.41) is 4.51. The van der Waals surface area contributed by atoms with Crippen LogP contribution in [0, 0.1) is 5.92 Å². The Balaban J connectivity index is 1.98. The van der Waals surface area contributed by atoms with Crippen molar-refractivity contribution < 1.29 is 0 Å². The summed E-state index contributed by atoms with van der Waals surface area (Å²) in [5.74, 6) is 0.739. The maximum absolute atomic E-state index is 4.51. The number of aromatic nitrogens is 2. The number of alkyl halides is 1. The summed E-state index contributed by atoms with van der Waals surface area (Å²) >= 11 is 3.75. The Morgan fingerprint density at radius 2 is 2.29 bits per heavy atom. The summed E-state index contributed by atoms with van der Waals surface area (Å²) in [6, 6.07) is 2.24. The molecular formula is C13H22BrN3. The highest BCUT2D eigenvalue weighted by atomic mass is 79.9. The lowest BCUT2D eigenvalue weighted by molar-refractivity contribution is 0.179. The van der Waals surface area contributed by atoms with Gasteiger partial charge in [0.1, 0.15) is 0 Å². The topological polar surface area (TPSA) is 21.1 Å². The fourth-order valence-electron chi connectivity index (χ4n) is 2.47. The summed E-state index contributed by atoms with van der Waals surface area (Å²) in [4.78, 5) is 3.23. The van der Waals surface area contributed by atoms with Crippen molar-refractivity contribution in [1.82, 2.24) is 14.7 Å². The number of nitrogens with zero attached hydrogens (tertiary/aromatic N) is 3. The number of rotatable bonds is 3. The van der Waals surface area contributed by atoms with E-state index >= 15 is 0 Å². The van der Waals surface area contributed by atoms with Crippen molar-refractivity contribution in [3.8, 4) is 0 Å². The molecule has 2 rings (SSSR count). The highest BCUT2D eigenvalue weighted by molar-refractivity contribution is 9.09.